The molecule has 3 atom stereocenters. The fourth-order valence-corrected chi connectivity index (χ4v) is 3.65. The summed E-state index contributed by atoms with van der Waals surface area (Å²) in [6.45, 7) is 14.8. The van der Waals surface area contributed by atoms with Crippen LogP contribution in [0.3, 0.4) is 0 Å². The Morgan fingerprint density at radius 3 is 2.37 bits per heavy atom. The van der Waals surface area contributed by atoms with Gasteiger partial charge in [-0.05, 0) is 50.4 Å². The highest BCUT2D eigenvalue weighted by Gasteiger charge is 2.33. The van der Waals surface area contributed by atoms with E-state index in [-0.39, 0.29) is 0 Å². The second-order valence-corrected chi connectivity index (χ2v) is 7.40. The van der Waals surface area contributed by atoms with Crippen molar-refractivity contribution in [1.29, 1.82) is 0 Å². The van der Waals surface area contributed by atoms with Crippen LogP contribution in [0.25, 0.3) is 0 Å². The fourth-order valence-electron chi connectivity index (χ4n) is 3.65. The molecule has 0 amide bonds. The zero-order chi connectivity index (χ0) is 14.5. The summed E-state index contributed by atoms with van der Waals surface area (Å²) in [6, 6.07) is 0.646. The third-order valence-electron chi connectivity index (χ3n) is 4.45. The second-order valence-electron chi connectivity index (χ2n) is 7.40. The molecular formula is C17H35NO. The first-order chi connectivity index (χ1) is 8.86. The minimum Gasteiger partial charge on any atom is -0.374 e. The van der Waals surface area contributed by atoms with Crippen LogP contribution in [-0.4, -0.2) is 24.8 Å². The predicted molar refractivity (Wildman–Crippen MR) is 83.5 cm³/mol. The molecule has 1 aliphatic carbocycles. The molecule has 1 saturated carbocycles. The summed E-state index contributed by atoms with van der Waals surface area (Å²) in [4.78, 5) is 0. The maximum atomic E-state index is 6.27. The molecule has 0 saturated heterocycles. The topological polar surface area (TPSA) is 21.3 Å². The largest absolute Gasteiger partial charge is 0.374 e. The number of rotatable bonds is 7. The van der Waals surface area contributed by atoms with Gasteiger partial charge in [0.25, 0.3) is 0 Å². The van der Waals surface area contributed by atoms with E-state index in [1.807, 2.05) is 0 Å². The molecule has 3 unspecified atom stereocenters. The van der Waals surface area contributed by atoms with Crippen molar-refractivity contribution in [3.8, 4) is 0 Å². The van der Waals surface area contributed by atoms with Crippen molar-refractivity contribution in [2.24, 2.45) is 11.3 Å². The average molecular weight is 269 g/mol. The standard InChI is InChI=1S/C17H35NO/c1-7-15(8-2)18-12-14(4)19-16-9-13(3)10-17(5,6)11-16/h13-16,18H,7-12H2,1-6H3. The number of nitrogens with one attached hydrogen (secondary N) is 1. The molecule has 2 nitrogen and oxygen atoms in total. The zero-order valence-corrected chi connectivity index (χ0v) is 14.0. The highest BCUT2D eigenvalue weighted by molar-refractivity contribution is 4.84. The van der Waals surface area contributed by atoms with Crippen molar-refractivity contribution in [2.45, 2.75) is 91.9 Å². The van der Waals surface area contributed by atoms with Gasteiger partial charge in [-0.15, -0.1) is 0 Å². The maximum Gasteiger partial charge on any atom is 0.0675 e. The normalized spacial score (nSPS) is 28.6. The van der Waals surface area contributed by atoms with Crippen molar-refractivity contribution in [3.05, 3.63) is 0 Å². The quantitative estimate of drug-likeness (QED) is 0.740. The lowest BCUT2D eigenvalue weighted by molar-refractivity contribution is -0.0582. The molecule has 1 fully saturated rings. The number of hydrogen-bond acceptors (Lipinski definition) is 2. The Bertz CT molecular complexity index is 248. The van der Waals surface area contributed by atoms with Crippen molar-refractivity contribution in [1.82, 2.24) is 5.32 Å². The van der Waals surface area contributed by atoms with Crippen molar-refractivity contribution >= 4 is 0 Å². The monoisotopic (exact) mass is 269 g/mol. The van der Waals surface area contributed by atoms with Crippen LogP contribution in [0.2, 0.25) is 0 Å². The summed E-state index contributed by atoms with van der Waals surface area (Å²) >= 11 is 0. The van der Waals surface area contributed by atoms with Gasteiger partial charge in [-0.2, -0.15) is 0 Å². The van der Waals surface area contributed by atoms with E-state index in [0.717, 1.165) is 12.5 Å². The Labute approximate surface area is 120 Å². The van der Waals surface area contributed by atoms with E-state index in [2.05, 4.69) is 46.9 Å². The molecule has 0 spiro atoms. The molecule has 19 heavy (non-hydrogen) atoms. The van der Waals surface area contributed by atoms with Crippen molar-refractivity contribution < 1.29 is 4.74 Å². The summed E-state index contributed by atoms with van der Waals surface area (Å²) in [5, 5.41) is 3.62. The van der Waals surface area contributed by atoms with Gasteiger partial charge in [0.1, 0.15) is 0 Å². The van der Waals surface area contributed by atoms with Gasteiger partial charge in [0.2, 0.25) is 0 Å². The van der Waals surface area contributed by atoms with Crippen LogP contribution in [0.4, 0.5) is 0 Å². The number of hydrogen-bond donors (Lipinski definition) is 1. The molecule has 0 aliphatic heterocycles. The predicted octanol–water partition coefficient (Wildman–Crippen LogP) is 4.38. The summed E-state index contributed by atoms with van der Waals surface area (Å²) < 4.78 is 6.27. The molecule has 0 bridgehead atoms. The van der Waals surface area contributed by atoms with E-state index in [1.54, 1.807) is 0 Å². The Morgan fingerprint density at radius 1 is 1.21 bits per heavy atom. The Morgan fingerprint density at radius 2 is 1.84 bits per heavy atom. The fraction of sp³-hybridized carbons (Fsp3) is 1.00. The third kappa shape index (κ3) is 6.27. The summed E-state index contributed by atoms with van der Waals surface area (Å²) in [6.07, 6.45) is 6.98. The van der Waals surface area contributed by atoms with Crippen LogP contribution >= 0.6 is 0 Å². The van der Waals surface area contributed by atoms with E-state index in [4.69, 9.17) is 4.74 Å². The van der Waals surface area contributed by atoms with Crippen LogP contribution in [0, 0.1) is 11.3 Å². The molecule has 1 N–H and O–H groups in total. The smallest absolute Gasteiger partial charge is 0.0675 e. The second kappa shape index (κ2) is 7.64. The van der Waals surface area contributed by atoms with E-state index >= 15 is 0 Å². The lowest BCUT2D eigenvalue weighted by atomic mass is 9.71. The van der Waals surface area contributed by atoms with Gasteiger partial charge in [0.15, 0.2) is 0 Å². The molecular weight excluding hydrogens is 234 g/mol. The summed E-state index contributed by atoms with van der Waals surface area (Å²) in [5.74, 6) is 0.799. The van der Waals surface area contributed by atoms with Gasteiger partial charge >= 0.3 is 0 Å². The molecule has 114 valence electrons. The number of ether oxygens (including phenoxy) is 1. The van der Waals surface area contributed by atoms with Gasteiger partial charge in [-0.25, -0.2) is 0 Å². The van der Waals surface area contributed by atoms with E-state index in [9.17, 15) is 0 Å². The first kappa shape index (κ1) is 17.0. The Hall–Kier alpha value is -0.0800. The highest BCUT2D eigenvalue weighted by Crippen LogP contribution is 2.39. The van der Waals surface area contributed by atoms with Crippen LogP contribution < -0.4 is 5.32 Å². The SMILES string of the molecule is CCC(CC)NCC(C)OC1CC(C)CC(C)(C)C1. The molecule has 0 aromatic rings. The van der Waals surface area contributed by atoms with Gasteiger partial charge in [0, 0.05) is 12.6 Å². The van der Waals surface area contributed by atoms with Gasteiger partial charge in [-0.1, -0.05) is 34.6 Å². The summed E-state index contributed by atoms with van der Waals surface area (Å²) in [5.41, 5.74) is 0.449. The molecule has 0 radical (unpaired) electrons. The Balaban J connectivity index is 2.33. The lowest BCUT2D eigenvalue weighted by Crippen LogP contribution is -2.39. The Kier molecular flexibility index (Phi) is 6.82. The van der Waals surface area contributed by atoms with E-state index in [0.29, 0.717) is 23.7 Å². The first-order valence-corrected chi connectivity index (χ1v) is 8.25. The van der Waals surface area contributed by atoms with Crippen LogP contribution in [0.1, 0.15) is 73.6 Å². The van der Waals surface area contributed by atoms with Crippen molar-refractivity contribution in [3.63, 3.8) is 0 Å². The van der Waals surface area contributed by atoms with E-state index in [1.165, 1.54) is 32.1 Å². The lowest BCUT2D eigenvalue weighted by Gasteiger charge is -2.40. The highest BCUT2D eigenvalue weighted by atomic mass is 16.5. The maximum absolute atomic E-state index is 6.27. The zero-order valence-electron chi connectivity index (χ0n) is 14.0. The van der Waals surface area contributed by atoms with Gasteiger partial charge < -0.3 is 10.1 Å². The van der Waals surface area contributed by atoms with E-state index < -0.39 is 0 Å². The molecule has 0 aromatic heterocycles. The third-order valence-corrected chi connectivity index (χ3v) is 4.45. The average Bonchev–Trinajstić information content (AvgIpc) is 2.27. The molecule has 1 aliphatic rings. The minimum absolute atomic E-state index is 0.326. The molecule has 1 rings (SSSR count). The summed E-state index contributed by atoms with van der Waals surface area (Å²) in [7, 11) is 0. The molecule has 0 aromatic carbocycles. The van der Waals surface area contributed by atoms with Crippen LogP contribution in [0.5, 0.6) is 0 Å². The molecule has 0 heterocycles. The first-order valence-electron chi connectivity index (χ1n) is 8.25. The van der Waals surface area contributed by atoms with Crippen molar-refractivity contribution in [2.75, 3.05) is 6.54 Å². The minimum atomic E-state index is 0.326. The molecule has 2 heteroatoms. The van der Waals surface area contributed by atoms with Crippen LogP contribution in [-0.2, 0) is 4.74 Å². The van der Waals surface area contributed by atoms with Gasteiger partial charge in [-0.3, -0.25) is 0 Å². The van der Waals surface area contributed by atoms with Gasteiger partial charge in [0.05, 0.1) is 12.2 Å². The van der Waals surface area contributed by atoms with Crippen LogP contribution in [0.15, 0.2) is 0 Å².